The van der Waals surface area contributed by atoms with Crippen LogP contribution in [-0.2, 0) is 7.05 Å². The highest BCUT2D eigenvalue weighted by atomic mass is 79.9. The van der Waals surface area contributed by atoms with E-state index < -0.39 is 6.10 Å². The van der Waals surface area contributed by atoms with E-state index in [0.29, 0.717) is 11.4 Å². The van der Waals surface area contributed by atoms with E-state index in [4.69, 9.17) is 4.74 Å². The average molecular weight is 311 g/mol. The summed E-state index contributed by atoms with van der Waals surface area (Å²) >= 11 is 3.47. The number of aromatic nitrogens is 2. The lowest BCUT2D eigenvalue weighted by Gasteiger charge is -2.14. The summed E-state index contributed by atoms with van der Waals surface area (Å²) in [5.74, 6) is 0.585. The van der Waals surface area contributed by atoms with Crippen molar-refractivity contribution in [1.82, 2.24) is 9.78 Å². The summed E-state index contributed by atoms with van der Waals surface area (Å²) in [6.45, 7) is 2.00. The predicted molar refractivity (Wildman–Crippen MR) is 72.7 cm³/mol. The van der Waals surface area contributed by atoms with Gasteiger partial charge in [0.25, 0.3) is 0 Å². The van der Waals surface area contributed by atoms with Crippen LogP contribution in [0.25, 0.3) is 0 Å². The Balaban J connectivity index is 2.44. The van der Waals surface area contributed by atoms with Gasteiger partial charge in [0.1, 0.15) is 11.8 Å². The number of ether oxygens (including phenoxy) is 1. The Morgan fingerprint density at radius 2 is 2.17 bits per heavy atom. The number of hydrogen-bond acceptors (Lipinski definition) is 3. The molecular weight excluding hydrogens is 296 g/mol. The zero-order valence-corrected chi connectivity index (χ0v) is 12.1. The van der Waals surface area contributed by atoms with E-state index in [1.165, 1.54) is 0 Å². The van der Waals surface area contributed by atoms with Gasteiger partial charge in [-0.2, -0.15) is 5.10 Å². The molecule has 0 radical (unpaired) electrons. The minimum absolute atomic E-state index is 0.585. The summed E-state index contributed by atoms with van der Waals surface area (Å²) in [6.07, 6.45) is 0.839. The quantitative estimate of drug-likeness (QED) is 0.948. The van der Waals surface area contributed by atoms with Gasteiger partial charge in [0.05, 0.1) is 13.3 Å². The van der Waals surface area contributed by atoms with Gasteiger partial charge in [-0.1, -0.05) is 28.1 Å². The van der Waals surface area contributed by atoms with Crippen LogP contribution in [-0.4, -0.2) is 22.0 Å². The van der Waals surface area contributed by atoms with Crippen molar-refractivity contribution in [3.05, 3.63) is 45.7 Å². The molecule has 4 nitrogen and oxygen atoms in total. The Morgan fingerprint density at radius 1 is 1.44 bits per heavy atom. The van der Waals surface area contributed by atoms with Gasteiger partial charge in [-0.25, -0.2) is 0 Å². The molecule has 0 aliphatic heterocycles. The first kappa shape index (κ1) is 13.1. The number of aliphatic hydroxyl groups is 1. The number of hydrogen-bond donors (Lipinski definition) is 1. The van der Waals surface area contributed by atoms with Crippen LogP contribution in [0.5, 0.6) is 5.75 Å². The molecule has 1 unspecified atom stereocenters. The van der Waals surface area contributed by atoms with Crippen molar-refractivity contribution in [2.24, 2.45) is 7.05 Å². The predicted octanol–water partition coefficient (Wildman–Crippen LogP) is 2.58. The molecule has 2 rings (SSSR count). The number of nitrogens with zero attached hydrogens (tertiary/aromatic N) is 2. The fourth-order valence-electron chi connectivity index (χ4n) is 1.83. The zero-order valence-electron chi connectivity index (χ0n) is 10.5. The lowest BCUT2D eigenvalue weighted by molar-refractivity contribution is 0.204. The van der Waals surface area contributed by atoms with Crippen LogP contribution in [0.4, 0.5) is 0 Å². The van der Waals surface area contributed by atoms with E-state index in [0.717, 1.165) is 15.6 Å². The molecule has 5 heteroatoms. The van der Waals surface area contributed by atoms with E-state index >= 15 is 0 Å². The number of aryl methyl sites for hydroxylation is 2. The van der Waals surface area contributed by atoms with Crippen LogP contribution >= 0.6 is 15.9 Å². The van der Waals surface area contributed by atoms with Gasteiger partial charge in [-0.05, 0) is 24.1 Å². The molecule has 0 spiro atoms. The normalized spacial score (nSPS) is 12.5. The van der Waals surface area contributed by atoms with Gasteiger partial charge in [0, 0.05) is 11.5 Å². The Kier molecular flexibility index (Phi) is 3.73. The molecule has 1 N–H and O–H groups in total. The number of benzene rings is 1. The number of methoxy groups -OCH3 is 1. The van der Waals surface area contributed by atoms with Crippen LogP contribution in [0.1, 0.15) is 22.9 Å². The van der Waals surface area contributed by atoms with E-state index in [-0.39, 0.29) is 0 Å². The maximum Gasteiger partial charge on any atom is 0.162 e. The van der Waals surface area contributed by atoms with Crippen molar-refractivity contribution in [1.29, 1.82) is 0 Å². The van der Waals surface area contributed by atoms with Crippen LogP contribution in [0.3, 0.4) is 0 Å². The summed E-state index contributed by atoms with van der Waals surface area (Å²) < 4.78 is 7.80. The van der Waals surface area contributed by atoms with Gasteiger partial charge < -0.3 is 9.84 Å². The average Bonchev–Trinajstić information content (AvgIpc) is 2.73. The molecule has 1 aromatic carbocycles. The molecule has 0 aliphatic rings. The summed E-state index contributed by atoms with van der Waals surface area (Å²) in [4.78, 5) is 0. The summed E-state index contributed by atoms with van der Waals surface area (Å²) in [7, 11) is 3.35. The first-order valence-electron chi connectivity index (χ1n) is 5.54. The highest BCUT2D eigenvalue weighted by Gasteiger charge is 2.20. The van der Waals surface area contributed by atoms with Gasteiger partial charge in [0.15, 0.2) is 5.75 Å². The van der Waals surface area contributed by atoms with Gasteiger partial charge in [-0.15, -0.1) is 0 Å². The second kappa shape index (κ2) is 5.12. The molecule has 0 amide bonds. The first-order valence-corrected chi connectivity index (χ1v) is 6.34. The molecule has 1 aromatic heterocycles. The van der Waals surface area contributed by atoms with Crippen molar-refractivity contribution < 1.29 is 9.84 Å². The molecule has 18 heavy (non-hydrogen) atoms. The van der Waals surface area contributed by atoms with Crippen molar-refractivity contribution in [3.63, 3.8) is 0 Å². The van der Waals surface area contributed by atoms with Crippen LogP contribution < -0.4 is 4.74 Å². The van der Waals surface area contributed by atoms with E-state index in [1.807, 2.05) is 25.1 Å². The molecule has 0 saturated heterocycles. The Bertz CT molecular complexity index is 566. The highest BCUT2D eigenvalue weighted by Crippen LogP contribution is 2.31. The number of rotatable bonds is 3. The van der Waals surface area contributed by atoms with Gasteiger partial charge >= 0.3 is 0 Å². The van der Waals surface area contributed by atoms with Crippen LogP contribution in [0.2, 0.25) is 0 Å². The third kappa shape index (κ3) is 2.28. The van der Waals surface area contributed by atoms with E-state index in [2.05, 4.69) is 21.0 Å². The van der Waals surface area contributed by atoms with Gasteiger partial charge in [-0.3, -0.25) is 4.68 Å². The zero-order chi connectivity index (χ0) is 13.3. The minimum atomic E-state index is -0.760. The molecule has 96 valence electrons. The van der Waals surface area contributed by atoms with Crippen molar-refractivity contribution >= 4 is 15.9 Å². The molecule has 1 heterocycles. The van der Waals surface area contributed by atoms with Crippen molar-refractivity contribution in [3.8, 4) is 5.75 Å². The second-order valence-corrected chi connectivity index (χ2v) is 4.99. The Hall–Kier alpha value is -1.33. The van der Waals surface area contributed by atoms with Gasteiger partial charge in [0.2, 0.25) is 0 Å². The summed E-state index contributed by atoms with van der Waals surface area (Å²) in [6, 6.07) is 5.77. The largest absolute Gasteiger partial charge is 0.493 e. The smallest absolute Gasteiger partial charge is 0.162 e. The first-order chi connectivity index (χ1) is 8.54. The van der Waals surface area contributed by atoms with E-state index in [1.54, 1.807) is 25.0 Å². The maximum atomic E-state index is 10.4. The standard InChI is InChI=1S/C13H15BrN2O2/c1-8-4-5-9(6-10(8)14)13(17)12-11(18-3)7-15-16(12)2/h4-7,13,17H,1-3H3. The highest BCUT2D eigenvalue weighted by molar-refractivity contribution is 9.10. The molecule has 2 aromatic rings. The van der Waals surface area contributed by atoms with Crippen LogP contribution in [0, 0.1) is 6.92 Å². The molecule has 0 aliphatic carbocycles. The number of halogens is 1. The topological polar surface area (TPSA) is 47.3 Å². The monoisotopic (exact) mass is 310 g/mol. The molecule has 1 atom stereocenters. The molecular formula is C13H15BrN2O2. The van der Waals surface area contributed by atoms with Crippen LogP contribution in [0.15, 0.2) is 28.9 Å². The maximum absolute atomic E-state index is 10.4. The lowest BCUT2D eigenvalue weighted by Crippen LogP contribution is -2.08. The minimum Gasteiger partial charge on any atom is -0.493 e. The third-order valence-electron chi connectivity index (χ3n) is 2.94. The fraction of sp³-hybridized carbons (Fsp3) is 0.308. The molecule has 0 saturated carbocycles. The Labute approximate surface area is 114 Å². The fourth-order valence-corrected chi connectivity index (χ4v) is 2.23. The molecule has 0 fully saturated rings. The molecule has 0 bridgehead atoms. The van der Waals surface area contributed by atoms with Crippen molar-refractivity contribution in [2.75, 3.05) is 7.11 Å². The SMILES string of the molecule is COc1cnn(C)c1C(O)c1ccc(C)c(Br)c1. The van der Waals surface area contributed by atoms with E-state index in [9.17, 15) is 5.11 Å². The summed E-state index contributed by atoms with van der Waals surface area (Å²) in [5, 5.41) is 14.5. The Morgan fingerprint density at radius 3 is 2.78 bits per heavy atom. The second-order valence-electron chi connectivity index (χ2n) is 4.13. The summed E-state index contributed by atoms with van der Waals surface area (Å²) in [5.41, 5.74) is 2.57. The number of aliphatic hydroxyl groups excluding tert-OH is 1. The van der Waals surface area contributed by atoms with Crippen molar-refractivity contribution in [2.45, 2.75) is 13.0 Å². The lowest BCUT2D eigenvalue weighted by atomic mass is 10.0. The third-order valence-corrected chi connectivity index (χ3v) is 3.79.